The maximum absolute atomic E-state index is 12.9. The highest BCUT2D eigenvalue weighted by Gasteiger charge is 2.19. The Morgan fingerprint density at radius 3 is 2.54 bits per heavy atom. The van der Waals surface area contributed by atoms with Crippen LogP contribution in [0.1, 0.15) is 22.3 Å². The molecule has 0 saturated heterocycles. The van der Waals surface area contributed by atoms with E-state index < -0.39 is 28.6 Å². The van der Waals surface area contributed by atoms with Crippen LogP contribution in [0.5, 0.6) is 0 Å². The highest BCUT2D eigenvalue weighted by atomic mass is 35.5. The number of rotatable bonds is 2. The topological polar surface area (TPSA) is 30.0 Å². The second kappa shape index (κ2) is 3.74. The highest BCUT2D eigenvalue weighted by molar-refractivity contribution is 6.67. The molecule has 0 amide bonds. The largest absolute Gasteiger partial charge is 0.275 e. The number of carbonyl (C=O) groups is 1. The highest BCUT2D eigenvalue weighted by Crippen LogP contribution is 2.23. The number of carbonyl (C=O) groups excluding carboxylic acids is 1. The number of halogens is 4. The van der Waals surface area contributed by atoms with Gasteiger partial charge < -0.3 is 0 Å². The molecule has 70 valence electrons. The summed E-state index contributed by atoms with van der Waals surface area (Å²) >= 11 is 4.92. The molecule has 0 saturated carbocycles. The summed E-state index contributed by atoms with van der Waals surface area (Å²) in [6.45, 7) is 0. The van der Waals surface area contributed by atoms with E-state index >= 15 is 0 Å². The molecule has 0 atom stereocenters. The molecule has 0 bridgehead atoms. The Morgan fingerprint density at radius 2 is 2.08 bits per heavy atom. The van der Waals surface area contributed by atoms with E-state index in [-0.39, 0.29) is 0 Å². The quantitative estimate of drug-likeness (QED) is 0.701. The SMILES string of the molecule is O=C(Cl)c1cncc(C(F)F)c1F. The van der Waals surface area contributed by atoms with Crippen molar-refractivity contribution in [1.29, 1.82) is 0 Å². The summed E-state index contributed by atoms with van der Waals surface area (Å²) in [7, 11) is 0. The summed E-state index contributed by atoms with van der Waals surface area (Å²) in [4.78, 5) is 13.7. The Balaban J connectivity index is 3.26. The van der Waals surface area contributed by atoms with Gasteiger partial charge in [-0.05, 0) is 11.6 Å². The van der Waals surface area contributed by atoms with Crippen LogP contribution in [0.4, 0.5) is 13.2 Å². The van der Waals surface area contributed by atoms with Crippen LogP contribution < -0.4 is 0 Å². The average molecular weight is 210 g/mol. The zero-order valence-corrected chi connectivity index (χ0v) is 6.86. The summed E-state index contributed by atoms with van der Waals surface area (Å²) in [6, 6.07) is 0. The molecule has 0 aromatic carbocycles. The van der Waals surface area contributed by atoms with Crippen LogP contribution in [0, 0.1) is 5.82 Å². The van der Waals surface area contributed by atoms with Gasteiger partial charge in [0.2, 0.25) is 0 Å². The van der Waals surface area contributed by atoms with Crippen LogP contribution in [-0.2, 0) is 0 Å². The number of hydrogen-bond acceptors (Lipinski definition) is 2. The van der Waals surface area contributed by atoms with Gasteiger partial charge in [-0.15, -0.1) is 0 Å². The van der Waals surface area contributed by atoms with E-state index in [4.69, 9.17) is 11.6 Å². The number of alkyl halides is 2. The zero-order chi connectivity index (χ0) is 10.0. The number of hydrogen-bond donors (Lipinski definition) is 0. The first-order chi connectivity index (χ1) is 6.04. The first-order valence-corrected chi connectivity index (χ1v) is 3.53. The van der Waals surface area contributed by atoms with E-state index in [1.807, 2.05) is 0 Å². The average Bonchev–Trinajstić information content (AvgIpc) is 2.03. The maximum Gasteiger partial charge on any atom is 0.268 e. The predicted octanol–water partition coefficient (Wildman–Crippen LogP) is 2.54. The fourth-order valence-corrected chi connectivity index (χ4v) is 0.882. The van der Waals surface area contributed by atoms with Crippen molar-refractivity contribution in [2.75, 3.05) is 0 Å². The number of aromatic nitrogens is 1. The molecule has 0 radical (unpaired) electrons. The third kappa shape index (κ3) is 1.98. The third-order valence-corrected chi connectivity index (χ3v) is 1.56. The molecule has 2 nitrogen and oxygen atoms in total. The van der Waals surface area contributed by atoms with E-state index in [1.165, 1.54) is 0 Å². The van der Waals surface area contributed by atoms with Crippen molar-refractivity contribution >= 4 is 16.8 Å². The molecule has 0 spiro atoms. The van der Waals surface area contributed by atoms with Crippen molar-refractivity contribution in [3.8, 4) is 0 Å². The second-order valence-electron chi connectivity index (χ2n) is 2.16. The fraction of sp³-hybridized carbons (Fsp3) is 0.143. The van der Waals surface area contributed by atoms with Crippen LogP contribution in [-0.4, -0.2) is 10.2 Å². The Hall–Kier alpha value is -1.10. The summed E-state index contributed by atoms with van der Waals surface area (Å²) < 4.78 is 37.0. The van der Waals surface area contributed by atoms with Gasteiger partial charge in [0, 0.05) is 12.4 Å². The maximum atomic E-state index is 12.9. The standard InChI is InChI=1S/C7H3ClF3NO/c8-6(13)3-1-12-2-4(5(3)9)7(10)11/h1-2,7H. The molecule has 0 N–H and O–H groups in total. The van der Waals surface area contributed by atoms with Gasteiger partial charge in [0.1, 0.15) is 5.82 Å². The Kier molecular flexibility index (Phi) is 2.87. The van der Waals surface area contributed by atoms with E-state index in [1.54, 1.807) is 0 Å². The molecular formula is C7H3ClF3NO. The molecule has 0 aliphatic rings. The van der Waals surface area contributed by atoms with Gasteiger partial charge in [-0.25, -0.2) is 13.2 Å². The van der Waals surface area contributed by atoms with Crippen molar-refractivity contribution in [3.05, 3.63) is 29.3 Å². The molecule has 6 heteroatoms. The van der Waals surface area contributed by atoms with Gasteiger partial charge >= 0.3 is 0 Å². The van der Waals surface area contributed by atoms with Crippen molar-refractivity contribution in [1.82, 2.24) is 4.98 Å². The van der Waals surface area contributed by atoms with Crippen molar-refractivity contribution in [3.63, 3.8) is 0 Å². The first-order valence-electron chi connectivity index (χ1n) is 3.15. The van der Waals surface area contributed by atoms with E-state index in [9.17, 15) is 18.0 Å². The summed E-state index contributed by atoms with van der Waals surface area (Å²) in [6.07, 6.45) is -1.55. The lowest BCUT2D eigenvalue weighted by Gasteiger charge is -2.02. The first kappa shape index (κ1) is 9.98. The van der Waals surface area contributed by atoms with Crippen molar-refractivity contribution < 1.29 is 18.0 Å². The van der Waals surface area contributed by atoms with Gasteiger partial charge in [0.25, 0.3) is 11.7 Å². The van der Waals surface area contributed by atoms with E-state index in [0.29, 0.717) is 6.20 Å². The molecule has 1 rings (SSSR count). The molecule has 0 fully saturated rings. The molecule has 0 unspecified atom stereocenters. The minimum absolute atomic E-state index is 0.639. The number of nitrogens with zero attached hydrogens (tertiary/aromatic N) is 1. The Labute approximate surface area is 76.3 Å². The van der Waals surface area contributed by atoms with Gasteiger partial charge in [0.05, 0.1) is 11.1 Å². The molecule has 1 aromatic rings. The third-order valence-electron chi connectivity index (χ3n) is 1.35. The van der Waals surface area contributed by atoms with Crippen LogP contribution >= 0.6 is 11.6 Å². The van der Waals surface area contributed by atoms with Gasteiger partial charge in [-0.2, -0.15) is 0 Å². The summed E-state index contributed by atoms with van der Waals surface area (Å²) in [5, 5.41) is -1.15. The lowest BCUT2D eigenvalue weighted by atomic mass is 10.2. The minimum Gasteiger partial charge on any atom is -0.275 e. The molecule has 13 heavy (non-hydrogen) atoms. The van der Waals surface area contributed by atoms with Crippen LogP contribution in [0.3, 0.4) is 0 Å². The lowest BCUT2D eigenvalue weighted by Crippen LogP contribution is -2.01. The molecule has 0 aliphatic heterocycles. The molecule has 0 aliphatic carbocycles. The van der Waals surface area contributed by atoms with Gasteiger partial charge in [0.15, 0.2) is 0 Å². The summed E-state index contributed by atoms with van der Waals surface area (Å²) in [5.74, 6) is -1.31. The molecular weight excluding hydrogens is 207 g/mol. The summed E-state index contributed by atoms with van der Waals surface area (Å²) in [5.41, 5.74) is -1.56. The zero-order valence-electron chi connectivity index (χ0n) is 6.10. The minimum atomic E-state index is -3.01. The smallest absolute Gasteiger partial charge is 0.268 e. The Morgan fingerprint density at radius 1 is 1.46 bits per heavy atom. The van der Waals surface area contributed by atoms with E-state index in [0.717, 1.165) is 6.20 Å². The van der Waals surface area contributed by atoms with Crippen molar-refractivity contribution in [2.24, 2.45) is 0 Å². The molecule has 1 heterocycles. The van der Waals surface area contributed by atoms with Crippen LogP contribution in [0.25, 0.3) is 0 Å². The lowest BCUT2D eigenvalue weighted by molar-refractivity contribution is 0.107. The number of pyridine rings is 1. The van der Waals surface area contributed by atoms with Crippen molar-refractivity contribution in [2.45, 2.75) is 6.43 Å². The monoisotopic (exact) mass is 209 g/mol. The van der Waals surface area contributed by atoms with Crippen LogP contribution in [0.2, 0.25) is 0 Å². The fourth-order valence-electron chi connectivity index (χ4n) is 0.750. The Bertz CT molecular complexity index is 343. The van der Waals surface area contributed by atoms with Gasteiger partial charge in [-0.3, -0.25) is 9.78 Å². The van der Waals surface area contributed by atoms with Crippen LogP contribution in [0.15, 0.2) is 12.4 Å². The van der Waals surface area contributed by atoms with Gasteiger partial charge in [-0.1, -0.05) is 0 Å². The second-order valence-corrected chi connectivity index (χ2v) is 2.51. The van der Waals surface area contributed by atoms with E-state index in [2.05, 4.69) is 4.98 Å². The normalized spacial score (nSPS) is 10.5. The predicted molar refractivity (Wildman–Crippen MR) is 39.3 cm³/mol. The molecule has 1 aromatic heterocycles.